The summed E-state index contributed by atoms with van der Waals surface area (Å²) < 4.78 is 5.39. The fourth-order valence-electron chi connectivity index (χ4n) is 1.88. The van der Waals surface area contributed by atoms with Crippen molar-refractivity contribution in [3.8, 4) is 0 Å². The van der Waals surface area contributed by atoms with E-state index in [2.05, 4.69) is 19.2 Å². The molecule has 0 spiro atoms. The van der Waals surface area contributed by atoms with E-state index in [0.29, 0.717) is 0 Å². The molecule has 0 aromatic rings. The van der Waals surface area contributed by atoms with Gasteiger partial charge in [0, 0.05) is 24.0 Å². The monoisotopic (exact) mass is 184 g/mol. The number of ether oxygens (including phenoxy) is 1. The van der Waals surface area contributed by atoms with Gasteiger partial charge in [-0.1, -0.05) is 13.8 Å². The van der Waals surface area contributed by atoms with E-state index in [-0.39, 0.29) is 11.5 Å². The molecule has 76 valence electrons. The van der Waals surface area contributed by atoms with E-state index in [1.807, 2.05) is 0 Å². The highest BCUT2D eigenvalue weighted by atomic mass is 16.5. The lowest BCUT2D eigenvalue weighted by Gasteiger charge is -2.27. The summed E-state index contributed by atoms with van der Waals surface area (Å²) in [6, 6.07) is 0.943. The Balaban J connectivity index is 1.79. The van der Waals surface area contributed by atoms with E-state index >= 15 is 0 Å². The first kappa shape index (κ1) is 9.44. The molecule has 2 rings (SSSR count). The van der Waals surface area contributed by atoms with Crippen LogP contribution in [-0.4, -0.2) is 31.8 Å². The van der Waals surface area contributed by atoms with E-state index in [1.54, 1.807) is 0 Å². The van der Waals surface area contributed by atoms with Gasteiger partial charge in [-0.05, 0) is 12.3 Å². The van der Waals surface area contributed by atoms with Gasteiger partial charge in [0.15, 0.2) is 0 Å². The molecule has 3 heteroatoms. The molecule has 0 amide bonds. The summed E-state index contributed by atoms with van der Waals surface area (Å²) in [4.78, 5) is 0. The van der Waals surface area contributed by atoms with Gasteiger partial charge >= 0.3 is 0 Å². The summed E-state index contributed by atoms with van der Waals surface area (Å²) in [5, 5.41) is 3.56. The molecule has 1 saturated heterocycles. The maximum Gasteiger partial charge on any atom is 0.0624 e. The van der Waals surface area contributed by atoms with Crippen molar-refractivity contribution in [3.05, 3.63) is 0 Å². The summed E-state index contributed by atoms with van der Waals surface area (Å²) in [5.74, 6) is 0.863. The highest BCUT2D eigenvalue weighted by molar-refractivity contribution is 4.96. The van der Waals surface area contributed by atoms with E-state index in [0.717, 1.165) is 31.7 Å². The third-order valence-corrected chi connectivity index (χ3v) is 3.50. The fraction of sp³-hybridized carbons (Fsp3) is 1.00. The van der Waals surface area contributed by atoms with Crippen molar-refractivity contribution in [1.29, 1.82) is 0 Å². The van der Waals surface area contributed by atoms with Crippen LogP contribution >= 0.6 is 0 Å². The first-order chi connectivity index (χ1) is 6.12. The first-order valence-electron chi connectivity index (χ1n) is 5.18. The van der Waals surface area contributed by atoms with E-state index in [1.165, 1.54) is 6.42 Å². The Morgan fingerprint density at radius 2 is 2.31 bits per heavy atom. The van der Waals surface area contributed by atoms with Crippen molar-refractivity contribution in [2.24, 2.45) is 17.1 Å². The van der Waals surface area contributed by atoms with Gasteiger partial charge in [0.1, 0.15) is 0 Å². The van der Waals surface area contributed by atoms with Crippen LogP contribution in [-0.2, 0) is 4.74 Å². The van der Waals surface area contributed by atoms with Crippen LogP contribution in [0.5, 0.6) is 0 Å². The molecule has 1 aliphatic heterocycles. The standard InChI is InChI=1S/C10H20N2O/c1-7-3-8(7)12-5-10(2)6-13-4-9(10)11/h7-9,12H,3-6,11H2,1-2H3. The first-order valence-corrected chi connectivity index (χ1v) is 5.18. The van der Waals surface area contributed by atoms with Gasteiger partial charge in [0.2, 0.25) is 0 Å². The molecule has 3 nitrogen and oxygen atoms in total. The lowest BCUT2D eigenvalue weighted by molar-refractivity contribution is 0.158. The predicted molar refractivity (Wildman–Crippen MR) is 52.5 cm³/mol. The smallest absolute Gasteiger partial charge is 0.0624 e. The second-order valence-corrected chi connectivity index (χ2v) is 4.98. The van der Waals surface area contributed by atoms with Gasteiger partial charge in [-0.3, -0.25) is 0 Å². The van der Waals surface area contributed by atoms with Gasteiger partial charge in [0.05, 0.1) is 13.2 Å². The van der Waals surface area contributed by atoms with Crippen molar-refractivity contribution >= 4 is 0 Å². The minimum absolute atomic E-state index is 0.155. The summed E-state index contributed by atoms with van der Waals surface area (Å²) >= 11 is 0. The molecule has 0 aromatic heterocycles. The number of hydrogen-bond donors (Lipinski definition) is 2. The second-order valence-electron chi connectivity index (χ2n) is 4.98. The predicted octanol–water partition coefficient (Wildman–Crippen LogP) is 0.348. The third kappa shape index (κ3) is 1.87. The van der Waals surface area contributed by atoms with E-state index in [4.69, 9.17) is 10.5 Å². The molecule has 0 bridgehead atoms. The van der Waals surface area contributed by atoms with Crippen LogP contribution in [0.1, 0.15) is 20.3 Å². The van der Waals surface area contributed by atoms with Gasteiger partial charge in [-0.15, -0.1) is 0 Å². The summed E-state index contributed by atoms with van der Waals surface area (Å²) in [6.45, 7) is 7.03. The Bertz CT molecular complexity index is 197. The zero-order valence-corrected chi connectivity index (χ0v) is 8.55. The molecule has 2 fully saturated rings. The Morgan fingerprint density at radius 3 is 2.77 bits per heavy atom. The molecule has 1 heterocycles. The molecule has 1 aliphatic carbocycles. The molecular weight excluding hydrogens is 164 g/mol. The molecule has 1 saturated carbocycles. The van der Waals surface area contributed by atoms with Crippen LogP contribution in [0.4, 0.5) is 0 Å². The van der Waals surface area contributed by atoms with Crippen molar-refractivity contribution in [2.45, 2.75) is 32.4 Å². The SMILES string of the molecule is CC1CC1NCC1(C)COCC1N. The Kier molecular flexibility index (Phi) is 2.34. The third-order valence-electron chi connectivity index (χ3n) is 3.50. The van der Waals surface area contributed by atoms with Crippen LogP contribution in [0.3, 0.4) is 0 Å². The Hall–Kier alpha value is -0.120. The molecule has 4 atom stereocenters. The second kappa shape index (κ2) is 3.23. The highest BCUT2D eigenvalue weighted by Crippen LogP contribution is 2.32. The van der Waals surface area contributed by atoms with Gasteiger partial charge < -0.3 is 15.8 Å². The molecule has 2 aliphatic rings. The number of hydrogen-bond acceptors (Lipinski definition) is 3. The summed E-state index contributed by atoms with van der Waals surface area (Å²) in [5.41, 5.74) is 6.14. The molecular formula is C10H20N2O. The highest BCUT2D eigenvalue weighted by Gasteiger charge is 2.40. The maximum absolute atomic E-state index is 5.99. The quantitative estimate of drug-likeness (QED) is 0.665. The van der Waals surface area contributed by atoms with E-state index < -0.39 is 0 Å². The van der Waals surface area contributed by atoms with Gasteiger partial charge in [-0.2, -0.15) is 0 Å². The van der Waals surface area contributed by atoms with Gasteiger partial charge in [-0.25, -0.2) is 0 Å². The van der Waals surface area contributed by atoms with Crippen LogP contribution in [0, 0.1) is 11.3 Å². The van der Waals surface area contributed by atoms with Crippen LogP contribution < -0.4 is 11.1 Å². The van der Waals surface area contributed by atoms with Crippen LogP contribution in [0.2, 0.25) is 0 Å². The molecule has 0 aromatic carbocycles. The average molecular weight is 184 g/mol. The van der Waals surface area contributed by atoms with Crippen molar-refractivity contribution in [1.82, 2.24) is 5.32 Å². The van der Waals surface area contributed by atoms with Crippen LogP contribution in [0.15, 0.2) is 0 Å². The number of nitrogens with one attached hydrogen (secondary N) is 1. The molecule has 4 unspecified atom stereocenters. The topological polar surface area (TPSA) is 47.3 Å². The zero-order valence-electron chi connectivity index (χ0n) is 8.55. The van der Waals surface area contributed by atoms with E-state index in [9.17, 15) is 0 Å². The lowest BCUT2D eigenvalue weighted by Crippen LogP contribution is -2.46. The Labute approximate surface area is 80.0 Å². The largest absolute Gasteiger partial charge is 0.379 e. The van der Waals surface area contributed by atoms with Crippen molar-refractivity contribution < 1.29 is 4.74 Å². The zero-order chi connectivity index (χ0) is 9.47. The van der Waals surface area contributed by atoms with Crippen LogP contribution in [0.25, 0.3) is 0 Å². The lowest BCUT2D eigenvalue weighted by atomic mass is 9.86. The average Bonchev–Trinajstić information content (AvgIpc) is 2.69. The van der Waals surface area contributed by atoms with Crippen molar-refractivity contribution in [3.63, 3.8) is 0 Å². The normalized spacial score (nSPS) is 49.6. The minimum atomic E-state index is 0.155. The molecule has 0 radical (unpaired) electrons. The number of nitrogens with two attached hydrogens (primary N) is 1. The minimum Gasteiger partial charge on any atom is -0.379 e. The molecule has 13 heavy (non-hydrogen) atoms. The Morgan fingerprint density at radius 1 is 1.62 bits per heavy atom. The maximum atomic E-state index is 5.99. The summed E-state index contributed by atoms with van der Waals surface area (Å²) in [7, 11) is 0. The molecule has 3 N–H and O–H groups in total. The van der Waals surface area contributed by atoms with Crippen molar-refractivity contribution in [2.75, 3.05) is 19.8 Å². The van der Waals surface area contributed by atoms with Gasteiger partial charge in [0.25, 0.3) is 0 Å². The number of rotatable bonds is 3. The summed E-state index contributed by atoms with van der Waals surface area (Å²) in [6.07, 6.45) is 1.33. The fourth-order valence-corrected chi connectivity index (χ4v) is 1.88.